The summed E-state index contributed by atoms with van der Waals surface area (Å²) in [6.07, 6.45) is 0.999. The SMILES string of the molecule is Cl.Cl.O=C(C(c1ccccc1F)N1CCOCC1)N1CCC(N2CCNCC2)C1. The quantitative estimate of drug-likeness (QED) is 0.756. The van der Waals surface area contributed by atoms with Gasteiger partial charge in [-0.05, 0) is 12.5 Å². The number of halogens is 3. The first-order valence-corrected chi connectivity index (χ1v) is 10.0. The number of carbonyl (C=O) groups excluding carboxylic acids is 1. The summed E-state index contributed by atoms with van der Waals surface area (Å²) in [6, 6.07) is 6.54. The standard InChI is InChI=1S/C20H29FN4O2.2ClH/c21-18-4-2-1-3-17(18)19(24-11-13-27-14-12-24)20(26)25-8-5-16(15-25)23-9-6-22-7-10-23;;/h1-4,16,19,22H,5-15H2;2*1H. The van der Waals surface area contributed by atoms with Gasteiger partial charge in [-0.3, -0.25) is 14.6 Å². The van der Waals surface area contributed by atoms with Crippen molar-refractivity contribution in [1.82, 2.24) is 20.0 Å². The number of nitrogens with one attached hydrogen (secondary N) is 1. The number of ether oxygens (including phenoxy) is 1. The van der Waals surface area contributed by atoms with Crippen LogP contribution in [0.4, 0.5) is 4.39 Å². The highest BCUT2D eigenvalue weighted by Crippen LogP contribution is 2.29. The Kier molecular flexibility index (Phi) is 9.59. The Hall–Kier alpha value is -0.960. The molecule has 3 aliphatic rings. The molecule has 0 bridgehead atoms. The van der Waals surface area contributed by atoms with Crippen LogP contribution in [-0.2, 0) is 9.53 Å². The number of hydrogen-bond donors (Lipinski definition) is 1. The first-order valence-electron chi connectivity index (χ1n) is 10.0. The number of hydrogen-bond acceptors (Lipinski definition) is 5. The van der Waals surface area contributed by atoms with Crippen LogP contribution in [0.5, 0.6) is 0 Å². The lowest BCUT2D eigenvalue weighted by Gasteiger charge is -2.36. The lowest BCUT2D eigenvalue weighted by molar-refractivity contribution is -0.138. The first kappa shape index (κ1) is 24.3. The number of benzene rings is 1. The van der Waals surface area contributed by atoms with Crippen LogP contribution in [0.2, 0.25) is 0 Å². The third kappa shape index (κ3) is 5.60. The fourth-order valence-corrected chi connectivity index (χ4v) is 4.48. The van der Waals surface area contributed by atoms with Crippen LogP contribution >= 0.6 is 24.8 Å². The molecule has 4 rings (SSSR count). The molecule has 1 amide bonds. The van der Waals surface area contributed by atoms with E-state index in [4.69, 9.17) is 4.74 Å². The minimum atomic E-state index is -0.558. The molecule has 3 heterocycles. The Morgan fingerprint density at radius 2 is 1.76 bits per heavy atom. The van der Waals surface area contributed by atoms with Crippen molar-refractivity contribution in [3.05, 3.63) is 35.6 Å². The van der Waals surface area contributed by atoms with E-state index in [0.29, 0.717) is 37.9 Å². The molecule has 2 unspecified atom stereocenters. The van der Waals surface area contributed by atoms with E-state index in [2.05, 4.69) is 15.1 Å². The maximum absolute atomic E-state index is 14.6. The van der Waals surface area contributed by atoms with Crippen molar-refractivity contribution in [2.45, 2.75) is 18.5 Å². The Bertz CT molecular complexity index is 657. The second kappa shape index (κ2) is 11.4. The van der Waals surface area contributed by atoms with Gasteiger partial charge in [-0.2, -0.15) is 0 Å². The highest BCUT2D eigenvalue weighted by atomic mass is 35.5. The lowest BCUT2D eigenvalue weighted by Crippen LogP contribution is -2.50. The molecule has 0 radical (unpaired) electrons. The predicted molar refractivity (Wildman–Crippen MR) is 115 cm³/mol. The fraction of sp³-hybridized carbons (Fsp3) is 0.650. The average Bonchev–Trinajstić information content (AvgIpc) is 3.21. The summed E-state index contributed by atoms with van der Waals surface area (Å²) in [5.74, 6) is -0.278. The Morgan fingerprint density at radius 1 is 1.07 bits per heavy atom. The normalized spacial score (nSPS) is 24.4. The maximum Gasteiger partial charge on any atom is 0.244 e. The van der Waals surface area contributed by atoms with E-state index in [0.717, 1.165) is 45.7 Å². The molecule has 3 aliphatic heterocycles. The summed E-state index contributed by atoms with van der Waals surface area (Å²) in [7, 11) is 0. The molecular weight excluding hydrogens is 418 g/mol. The smallest absolute Gasteiger partial charge is 0.244 e. The van der Waals surface area contributed by atoms with Crippen molar-refractivity contribution in [1.29, 1.82) is 0 Å². The Labute approximate surface area is 184 Å². The fourth-order valence-electron chi connectivity index (χ4n) is 4.48. The van der Waals surface area contributed by atoms with Crippen LogP contribution < -0.4 is 5.32 Å². The van der Waals surface area contributed by atoms with Gasteiger partial charge in [0.1, 0.15) is 11.9 Å². The van der Waals surface area contributed by atoms with E-state index in [-0.39, 0.29) is 36.5 Å². The van der Waals surface area contributed by atoms with Crippen molar-refractivity contribution >= 4 is 30.7 Å². The third-order valence-corrected chi connectivity index (χ3v) is 5.99. The van der Waals surface area contributed by atoms with Crippen LogP contribution in [0, 0.1) is 5.82 Å². The van der Waals surface area contributed by atoms with E-state index in [9.17, 15) is 9.18 Å². The van der Waals surface area contributed by atoms with Gasteiger partial charge in [0.05, 0.1) is 13.2 Å². The molecule has 1 N–H and O–H groups in total. The lowest BCUT2D eigenvalue weighted by atomic mass is 10.0. The number of piperazine rings is 1. The van der Waals surface area contributed by atoms with Gasteiger partial charge in [-0.15, -0.1) is 24.8 Å². The number of nitrogens with zero attached hydrogens (tertiary/aromatic N) is 3. The van der Waals surface area contributed by atoms with E-state index in [1.165, 1.54) is 6.07 Å². The first-order chi connectivity index (χ1) is 13.2. The molecule has 1 aromatic carbocycles. The van der Waals surface area contributed by atoms with E-state index in [1.807, 2.05) is 11.0 Å². The molecule has 3 saturated heterocycles. The average molecular weight is 449 g/mol. The summed E-state index contributed by atoms with van der Waals surface area (Å²) in [6.45, 7) is 8.06. The molecular formula is C20H31Cl2FN4O2. The van der Waals surface area contributed by atoms with Crippen LogP contribution in [0.1, 0.15) is 18.0 Å². The summed E-state index contributed by atoms with van der Waals surface area (Å²) in [5, 5.41) is 3.38. The van der Waals surface area contributed by atoms with Gasteiger partial charge in [-0.25, -0.2) is 4.39 Å². The van der Waals surface area contributed by atoms with Gasteiger partial charge < -0.3 is 15.0 Å². The van der Waals surface area contributed by atoms with Crippen LogP contribution in [-0.4, -0.2) is 92.2 Å². The van der Waals surface area contributed by atoms with Gasteiger partial charge in [0.2, 0.25) is 5.91 Å². The molecule has 9 heteroatoms. The summed E-state index contributed by atoms with van der Waals surface area (Å²) in [4.78, 5) is 20.0. The molecule has 0 spiro atoms. The van der Waals surface area contributed by atoms with Crippen LogP contribution in [0.3, 0.4) is 0 Å². The zero-order chi connectivity index (χ0) is 18.6. The number of rotatable bonds is 4. The molecule has 6 nitrogen and oxygen atoms in total. The van der Waals surface area contributed by atoms with Crippen LogP contribution in [0.15, 0.2) is 24.3 Å². The molecule has 0 aliphatic carbocycles. The van der Waals surface area contributed by atoms with Gasteiger partial charge in [-0.1, -0.05) is 18.2 Å². The highest BCUT2D eigenvalue weighted by Gasteiger charge is 2.38. The van der Waals surface area contributed by atoms with Crippen molar-refractivity contribution in [3.8, 4) is 0 Å². The van der Waals surface area contributed by atoms with E-state index in [1.54, 1.807) is 12.1 Å². The molecule has 0 aromatic heterocycles. The third-order valence-electron chi connectivity index (χ3n) is 5.99. The second-order valence-corrected chi connectivity index (χ2v) is 7.59. The zero-order valence-electron chi connectivity index (χ0n) is 16.6. The number of likely N-dealkylation sites (tertiary alicyclic amines) is 1. The minimum Gasteiger partial charge on any atom is -0.379 e. The summed E-state index contributed by atoms with van der Waals surface area (Å²) in [5.41, 5.74) is 0.482. The molecule has 1 aromatic rings. The van der Waals surface area contributed by atoms with Crippen LogP contribution in [0.25, 0.3) is 0 Å². The predicted octanol–water partition coefficient (Wildman–Crippen LogP) is 1.55. The van der Waals surface area contributed by atoms with Gasteiger partial charge in [0, 0.05) is 64.0 Å². The highest BCUT2D eigenvalue weighted by molar-refractivity contribution is 5.85. The molecule has 0 saturated carbocycles. The van der Waals surface area contributed by atoms with Crippen molar-refractivity contribution in [2.75, 3.05) is 65.6 Å². The zero-order valence-corrected chi connectivity index (χ0v) is 18.2. The van der Waals surface area contributed by atoms with Crippen molar-refractivity contribution in [3.63, 3.8) is 0 Å². The second-order valence-electron chi connectivity index (χ2n) is 7.59. The van der Waals surface area contributed by atoms with E-state index < -0.39 is 6.04 Å². The topological polar surface area (TPSA) is 48.1 Å². The van der Waals surface area contributed by atoms with Gasteiger partial charge in [0.15, 0.2) is 0 Å². The molecule has 29 heavy (non-hydrogen) atoms. The Morgan fingerprint density at radius 3 is 2.45 bits per heavy atom. The van der Waals surface area contributed by atoms with Crippen molar-refractivity contribution < 1.29 is 13.9 Å². The monoisotopic (exact) mass is 448 g/mol. The number of carbonyl (C=O) groups is 1. The molecule has 3 fully saturated rings. The maximum atomic E-state index is 14.6. The summed E-state index contributed by atoms with van der Waals surface area (Å²) < 4.78 is 20.0. The van der Waals surface area contributed by atoms with Gasteiger partial charge >= 0.3 is 0 Å². The molecule has 164 valence electrons. The minimum absolute atomic E-state index is 0. The molecule has 2 atom stereocenters. The van der Waals surface area contributed by atoms with Crippen molar-refractivity contribution in [2.24, 2.45) is 0 Å². The largest absolute Gasteiger partial charge is 0.379 e. The number of amides is 1. The van der Waals surface area contributed by atoms with E-state index >= 15 is 0 Å². The Balaban J connectivity index is 0.00000150. The summed E-state index contributed by atoms with van der Waals surface area (Å²) >= 11 is 0. The number of morpholine rings is 1. The van der Waals surface area contributed by atoms with Gasteiger partial charge in [0.25, 0.3) is 0 Å².